The van der Waals surface area contributed by atoms with E-state index in [1.165, 1.54) is 7.11 Å². The number of aromatic nitrogens is 1. The Kier molecular flexibility index (Phi) is 5.49. The highest BCUT2D eigenvalue weighted by molar-refractivity contribution is 9.10. The molecule has 0 saturated heterocycles. The van der Waals surface area contributed by atoms with Gasteiger partial charge in [-0.2, -0.15) is 13.2 Å². The fourth-order valence-electron chi connectivity index (χ4n) is 1.18. The molecule has 1 aromatic rings. The van der Waals surface area contributed by atoms with Crippen molar-refractivity contribution in [2.24, 2.45) is 0 Å². The van der Waals surface area contributed by atoms with Crippen LogP contribution in [-0.4, -0.2) is 35.3 Å². The Bertz CT molecular complexity index is 491. The molecule has 0 saturated carbocycles. The number of halogens is 4. The van der Waals surface area contributed by atoms with Gasteiger partial charge in [0.25, 0.3) is 5.91 Å². The molecular weight excluding hydrogens is 345 g/mol. The number of hydrogen-bond donors (Lipinski definition) is 1. The Morgan fingerprint density at radius 1 is 1.45 bits per heavy atom. The number of carbonyl (C=O) groups is 2. The number of esters is 1. The van der Waals surface area contributed by atoms with Gasteiger partial charge < -0.3 is 10.1 Å². The minimum Gasteiger partial charge on any atom is -0.468 e. The monoisotopic (exact) mass is 354 g/mol. The lowest BCUT2D eigenvalue weighted by Gasteiger charge is -2.09. The molecule has 0 bridgehead atoms. The minimum absolute atomic E-state index is 0.0752. The van der Waals surface area contributed by atoms with Gasteiger partial charge in [0, 0.05) is 12.7 Å². The first kappa shape index (κ1) is 16.4. The summed E-state index contributed by atoms with van der Waals surface area (Å²) < 4.78 is 41.3. The van der Waals surface area contributed by atoms with Crippen LogP contribution in [0.4, 0.5) is 13.2 Å². The van der Waals surface area contributed by atoms with E-state index in [-0.39, 0.29) is 12.2 Å². The van der Waals surface area contributed by atoms with E-state index in [1.807, 2.05) is 0 Å². The fourth-order valence-corrected chi connectivity index (χ4v) is 1.53. The van der Waals surface area contributed by atoms with Gasteiger partial charge in [-0.05, 0) is 12.1 Å². The zero-order chi connectivity index (χ0) is 15.3. The Balaban J connectivity index is 2.63. The number of alkyl halides is 4. The third kappa shape index (κ3) is 4.48. The van der Waals surface area contributed by atoms with Gasteiger partial charge in [0.05, 0.1) is 12.7 Å². The van der Waals surface area contributed by atoms with Gasteiger partial charge >= 0.3 is 12.1 Å². The normalized spacial score (nSPS) is 12.7. The summed E-state index contributed by atoms with van der Waals surface area (Å²) in [5, 5.41) is 2.34. The first-order valence-corrected chi connectivity index (χ1v) is 6.20. The van der Waals surface area contributed by atoms with Gasteiger partial charge in [0.15, 0.2) is 0 Å². The standard InChI is InChI=1S/C11H10BrF3N2O3/c1-20-10(19)7(12)5-17-9(18)8-3-2-6(4-16-8)11(13,14)15/h2-4,7H,5H2,1H3,(H,17,18). The molecule has 0 aliphatic heterocycles. The number of ether oxygens (including phenoxy) is 1. The highest BCUT2D eigenvalue weighted by atomic mass is 79.9. The van der Waals surface area contributed by atoms with Crippen molar-refractivity contribution < 1.29 is 27.5 Å². The quantitative estimate of drug-likeness (QED) is 0.660. The molecule has 9 heteroatoms. The molecule has 0 radical (unpaired) electrons. The summed E-state index contributed by atoms with van der Waals surface area (Å²) in [5.41, 5.74) is -1.12. The second-order valence-electron chi connectivity index (χ2n) is 3.63. The third-order valence-electron chi connectivity index (χ3n) is 2.22. The van der Waals surface area contributed by atoms with Gasteiger partial charge in [0.2, 0.25) is 0 Å². The Hall–Kier alpha value is -1.64. The van der Waals surface area contributed by atoms with Gasteiger partial charge in [-0.3, -0.25) is 14.6 Å². The summed E-state index contributed by atoms with van der Waals surface area (Å²) in [7, 11) is 1.19. The third-order valence-corrected chi connectivity index (χ3v) is 2.92. The van der Waals surface area contributed by atoms with Gasteiger partial charge in [-0.15, -0.1) is 0 Å². The summed E-state index contributed by atoms with van der Waals surface area (Å²) in [6, 6.07) is 1.72. The summed E-state index contributed by atoms with van der Waals surface area (Å²) in [4.78, 5) is 25.3. The first-order valence-electron chi connectivity index (χ1n) is 5.29. The first-order chi connectivity index (χ1) is 9.25. The van der Waals surface area contributed by atoms with E-state index >= 15 is 0 Å². The zero-order valence-electron chi connectivity index (χ0n) is 10.2. The Labute approximate surface area is 120 Å². The lowest BCUT2D eigenvalue weighted by molar-refractivity contribution is -0.140. The van der Waals surface area contributed by atoms with Crippen LogP contribution < -0.4 is 5.32 Å². The van der Waals surface area contributed by atoms with Crippen LogP contribution in [0, 0.1) is 0 Å². The summed E-state index contributed by atoms with van der Waals surface area (Å²) in [6.07, 6.45) is -3.94. The van der Waals surface area contributed by atoms with Crippen LogP contribution in [0.25, 0.3) is 0 Å². The van der Waals surface area contributed by atoms with Crippen molar-refractivity contribution in [3.63, 3.8) is 0 Å². The van der Waals surface area contributed by atoms with Crippen molar-refractivity contribution >= 4 is 27.8 Å². The minimum atomic E-state index is -4.51. The predicted molar refractivity (Wildman–Crippen MR) is 66.3 cm³/mol. The highest BCUT2D eigenvalue weighted by Gasteiger charge is 2.31. The number of rotatable bonds is 4. The molecule has 0 spiro atoms. The average Bonchev–Trinajstić information content (AvgIpc) is 2.42. The van der Waals surface area contributed by atoms with E-state index < -0.39 is 28.4 Å². The van der Waals surface area contributed by atoms with E-state index in [0.717, 1.165) is 12.1 Å². The van der Waals surface area contributed by atoms with Gasteiger partial charge in [-0.1, -0.05) is 15.9 Å². The van der Waals surface area contributed by atoms with Crippen molar-refractivity contribution in [2.45, 2.75) is 11.0 Å². The molecule has 1 atom stereocenters. The molecule has 0 aliphatic carbocycles. The largest absolute Gasteiger partial charge is 0.468 e. The second-order valence-corrected chi connectivity index (χ2v) is 4.74. The molecule has 0 aromatic carbocycles. The number of pyridine rings is 1. The molecule has 1 N–H and O–H groups in total. The second kappa shape index (κ2) is 6.69. The number of nitrogens with one attached hydrogen (secondary N) is 1. The van der Waals surface area contributed by atoms with Crippen LogP contribution in [0.1, 0.15) is 16.1 Å². The van der Waals surface area contributed by atoms with E-state index in [9.17, 15) is 22.8 Å². The topological polar surface area (TPSA) is 68.3 Å². The van der Waals surface area contributed by atoms with Gasteiger partial charge in [0.1, 0.15) is 10.5 Å². The van der Waals surface area contributed by atoms with Crippen molar-refractivity contribution in [2.75, 3.05) is 13.7 Å². The maximum absolute atomic E-state index is 12.3. The Morgan fingerprint density at radius 3 is 2.55 bits per heavy atom. The van der Waals surface area contributed by atoms with Crippen LogP contribution in [0.15, 0.2) is 18.3 Å². The van der Waals surface area contributed by atoms with Crippen molar-refractivity contribution in [1.29, 1.82) is 0 Å². The van der Waals surface area contributed by atoms with Crippen molar-refractivity contribution in [3.8, 4) is 0 Å². The maximum Gasteiger partial charge on any atom is 0.417 e. The summed E-state index contributed by atoms with van der Waals surface area (Å²) in [5.74, 6) is -1.27. The molecule has 20 heavy (non-hydrogen) atoms. The maximum atomic E-state index is 12.3. The van der Waals surface area contributed by atoms with Crippen LogP contribution in [0.5, 0.6) is 0 Å². The van der Waals surface area contributed by atoms with Crippen LogP contribution in [0.3, 0.4) is 0 Å². The molecule has 5 nitrogen and oxygen atoms in total. The van der Waals surface area contributed by atoms with Crippen molar-refractivity contribution in [3.05, 3.63) is 29.6 Å². The van der Waals surface area contributed by atoms with E-state index in [2.05, 4.69) is 31.0 Å². The number of carbonyl (C=O) groups excluding carboxylic acids is 2. The summed E-state index contributed by atoms with van der Waals surface area (Å²) >= 11 is 2.98. The average molecular weight is 355 g/mol. The molecule has 110 valence electrons. The summed E-state index contributed by atoms with van der Waals surface area (Å²) in [6.45, 7) is -0.0752. The van der Waals surface area contributed by atoms with Crippen LogP contribution in [0.2, 0.25) is 0 Å². The molecule has 1 unspecified atom stereocenters. The number of amides is 1. The molecular formula is C11H10BrF3N2O3. The van der Waals surface area contributed by atoms with E-state index in [1.54, 1.807) is 0 Å². The van der Waals surface area contributed by atoms with Crippen molar-refractivity contribution in [1.82, 2.24) is 10.3 Å². The number of nitrogens with zero attached hydrogens (tertiary/aromatic N) is 1. The zero-order valence-corrected chi connectivity index (χ0v) is 11.8. The lowest BCUT2D eigenvalue weighted by Crippen LogP contribution is -2.34. The predicted octanol–water partition coefficient (Wildman–Crippen LogP) is 1.77. The molecule has 1 aromatic heterocycles. The molecule has 1 amide bonds. The fraction of sp³-hybridized carbons (Fsp3) is 0.364. The number of hydrogen-bond acceptors (Lipinski definition) is 4. The molecule has 0 fully saturated rings. The molecule has 1 rings (SSSR count). The van der Waals surface area contributed by atoms with Crippen LogP contribution in [-0.2, 0) is 15.7 Å². The number of methoxy groups -OCH3 is 1. The molecule has 0 aliphatic rings. The highest BCUT2D eigenvalue weighted by Crippen LogP contribution is 2.28. The smallest absolute Gasteiger partial charge is 0.417 e. The Morgan fingerprint density at radius 2 is 2.10 bits per heavy atom. The SMILES string of the molecule is COC(=O)C(Br)CNC(=O)c1ccc(C(F)(F)F)cn1. The van der Waals surface area contributed by atoms with Gasteiger partial charge in [-0.25, -0.2) is 0 Å². The lowest BCUT2D eigenvalue weighted by atomic mass is 10.2. The van der Waals surface area contributed by atoms with E-state index in [0.29, 0.717) is 6.20 Å². The molecule has 1 heterocycles. The van der Waals surface area contributed by atoms with Crippen LogP contribution >= 0.6 is 15.9 Å². The van der Waals surface area contributed by atoms with E-state index in [4.69, 9.17) is 0 Å².